The van der Waals surface area contributed by atoms with Gasteiger partial charge in [0.05, 0.1) is 10.9 Å². The normalized spacial score (nSPS) is 25.7. The summed E-state index contributed by atoms with van der Waals surface area (Å²) in [7, 11) is 0. The summed E-state index contributed by atoms with van der Waals surface area (Å²) in [6, 6.07) is 0. The minimum absolute atomic E-state index is 0.267. The second-order valence-corrected chi connectivity index (χ2v) is 6.39. The van der Waals surface area contributed by atoms with Crippen LogP contribution in [0.2, 0.25) is 0 Å². The maximum Gasteiger partial charge on any atom is 0.392 e. The van der Waals surface area contributed by atoms with Gasteiger partial charge in [0.15, 0.2) is 0 Å². The first-order chi connectivity index (χ1) is 8.39. The van der Waals surface area contributed by atoms with Crippen LogP contribution in [-0.4, -0.2) is 11.2 Å². The van der Waals surface area contributed by atoms with Crippen molar-refractivity contribution in [2.45, 2.75) is 57.5 Å². The van der Waals surface area contributed by atoms with Gasteiger partial charge in [-0.1, -0.05) is 26.7 Å². The van der Waals surface area contributed by atoms with Crippen LogP contribution in [0.3, 0.4) is 0 Å². The Morgan fingerprint density at radius 3 is 2.50 bits per heavy atom. The smallest absolute Gasteiger partial charge is 0.249 e. The van der Waals surface area contributed by atoms with Crippen molar-refractivity contribution in [3.05, 3.63) is 16.1 Å². The molecule has 0 aromatic carbocycles. The second kappa shape index (κ2) is 5.19. The fraction of sp³-hybridized carbons (Fsp3) is 0.769. The Morgan fingerprint density at radius 2 is 1.94 bits per heavy atom. The summed E-state index contributed by atoms with van der Waals surface area (Å²) in [5.74, 6) is -1.26. The molecule has 2 atom stereocenters. The van der Waals surface area contributed by atoms with Gasteiger partial charge >= 0.3 is 6.18 Å². The highest BCUT2D eigenvalue weighted by Crippen LogP contribution is 2.47. The molecule has 2 unspecified atom stereocenters. The zero-order valence-electron chi connectivity index (χ0n) is 10.6. The van der Waals surface area contributed by atoms with Gasteiger partial charge in [0.25, 0.3) is 0 Å². The Hall–Kier alpha value is -0.580. The van der Waals surface area contributed by atoms with Crippen LogP contribution < -0.4 is 0 Å². The summed E-state index contributed by atoms with van der Waals surface area (Å²) in [5, 5.41) is 0.941. The minimum atomic E-state index is -4.08. The number of hydrogen-bond donors (Lipinski definition) is 0. The van der Waals surface area contributed by atoms with Crippen molar-refractivity contribution in [3.63, 3.8) is 0 Å². The lowest BCUT2D eigenvalue weighted by Gasteiger charge is -2.32. The Balaban J connectivity index is 2.22. The molecule has 0 bridgehead atoms. The first kappa shape index (κ1) is 13.8. The third-order valence-electron chi connectivity index (χ3n) is 3.59. The maximum absolute atomic E-state index is 13.0. The average Bonchev–Trinajstić information content (AvgIpc) is 2.77. The molecule has 0 aliphatic heterocycles. The fourth-order valence-electron chi connectivity index (χ4n) is 2.60. The molecule has 0 N–H and O–H groups in total. The van der Waals surface area contributed by atoms with Gasteiger partial charge in [-0.15, -0.1) is 11.3 Å². The van der Waals surface area contributed by atoms with E-state index in [9.17, 15) is 13.2 Å². The van der Waals surface area contributed by atoms with Gasteiger partial charge in [0.2, 0.25) is 0 Å². The molecule has 1 fully saturated rings. The van der Waals surface area contributed by atoms with Crippen molar-refractivity contribution in [3.8, 4) is 0 Å². The molecule has 1 aromatic heterocycles. The summed E-state index contributed by atoms with van der Waals surface area (Å²) in [4.78, 5) is 5.08. The summed E-state index contributed by atoms with van der Waals surface area (Å²) in [6.45, 7) is 4.04. The van der Waals surface area contributed by atoms with E-state index in [0.29, 0.717) is 12.8 Å². The van der Waals surface area contributed by atoms with Crippen LogP contribution in [0.1, 0.15) is 61.3 Å². The Kier molecular flexibility index (Phi) is 3.99. The molecule has 0 spiro atoms. The number of nitrogens with zero attached hydrogens (tertiary/aromatic N) is 1. The summed E-state index contributed by atoms with van der Waals surface area (Å²) in [6.07, 6.45) is 0.0808. The number of aromatic nitrogens is 1. The van der Waals surface area contributed by atoms with E-state index >= 15 is 0 Å². The van der Waals surface area contributed by atoms with Crippen molar-refractivity contribution < 1.29 is 13.2 Å². The van der Waals surface area contributed by atoms with Gasteiger partial charge in [0.1, 0.15) is 0 Å². The summed E-state index contributed by atoms with van der Waals surface area (Å²) in [5.41, 5.74) is 0. The van der Waals surface area contributed by atoms with Crippen LogP contribution in [0, 0.1) is 5.92 Å². The van der Waals surface area contributed by atoms with Crippen LogP contribution in [0.4, 0.5) is 13.2 Å². The van der Waals surface area contributed by atoms with E-state index in [4.69, 9.17) is 0 Å². The third-order valence-corrected chi connectivity index (χ3v) is 5.02. The summed E-state index contributed by atoms with van der Waals surface area (Å²) >= 11 is 1.46. The number of hydrogen-bond acceptors (Lipinski definition) is 2. The Morgan fingerprint density at radius 1 is 1.28 bits per heavy atom. The third kappa shape index (κ3) is 2.87. The van der Waals surface area contributed by atoms with Gasteiger partial charge in [-0.05, 0) is 12.8 Å². The molecule has 0 radical (unpaired) electrons. The number of alkyl halides is 3. The van der Waals surface area contributed by atoms with Crippen LogP contribution in [0.25, 0.3) is 0 Å². The largest absolute Gasteiger partial charge is 0.392 e. The van der Waals surface area contributed by atoms with E-state index in [-0.39, 0.29) is 18.3 Å². The standard InChI is InChI=1S/C13H18F3NS/c1-8(2)12-17-7-11(18-12)9-5-3-4-6-10(9)13(14,15)16/h7-10H,3-6H2,1-2H3. The summed E-state index contributed by atoms with van der Waals surface area (Å²) < 4.78 is 39.1. The maximum atomic E-state index is 13.0. The van der Waals surface area contributed by atoms with Crippen molar-refractivity contribution in [2.24, 2.45) is 5.92 Å². The lowest BCUT2D eigenvalue weighted by molar-refractivity contribution is -0.187. The predicted molar refractivity (Wildman–Crippen MR) is 67.0 cm³/mol. The number of rotatable bonds is 2. The van der Waals surface area contributed by atoms with Crippen molar-refractivity contribution in [1.29, 1.82) is 0 Å². The molecule has 18 heavy (non-hydrogen) atoms. The lowest BCUT2D eigenvalue weighted by Crippen LogP contribution is -2.31. The average molecular weight is 277 g/mol. The topological polar surface area (TPSA) is 12.9 Å². The first-order valence-corrected chi connectivity index (χ1v) is 7.23. The molecule has 5 heteroatoms. The lowest BCUT2D eigenvalue weighted by atomic mass is 9.78. The number of halogens is 3. The van der Waals surface area contributed by atoms with E-state index in [0.717, 1.165) is 16.3 Å². The monoisotopic (exact) mass is 277 g/mol. The van der Waals surface area contributed by atoms with Crippen LogP contribution in [-0.2, 0) is 0 Å². The molecule has 1 saturated carbocycles. The molecule has 1 aromatic rings. The van der Waals surface area contributed by atoms with Gasteiger partial charge < -0.3 is 0 Å². The van der Waals surface area contributed by atoms with Gasteiger partial charge in [0, 0.05) is 22.9 Å². The molecule has 0 amide bonds. The second-order valence-electron chi connectivity index (χ2n) is 5.29. The molecule has 0 saturated heterocycles. The van der Waals surface area contributed by atoms with Crippen LogP contribution in [0.5, 0.6) is 0 Å². The molecule has 2 rings (SSSR count). The van der Waals surface area contributed by atoms with Gasteiger partial charge in [-0.2, -0.15) is 13.2 Å². The molecule has 1 nitrogen and oxygen atoms in total. The molecular weight excluding hydrogens is 259 g/mol. The highest BCUT2D eigenvalue weighted by atomic mass is 32.1. The van der Waals surface area contributed by atoms with Crippen molar-refractivity contribution in [2.75, 3.05) is 0 Å². The minimum Gasteiger partial charge on any atom is -0.249 e. The fourth-order valence-corrected chi connectivity index (χ4v) is 3.72. The van der Waals surface area contributed by atoms with Gasteiger partial charge in [-0.3, -0.25) is 0 Å². The van der Waals surface area contributed by atoms with Crippen molar-refractivity contribution >= 4 is 11.3 Å². The zero-order valence-corrected chi connectivity index (χ0v) is 11.4. The quantitative estimate of drug-likeness (QED) is 0.732. The zero-order chi connectivity index (χ0) is 13.3. The van der Waals surface area contributed by atoms with E-state index < -0.39 is 12.1 Å². The van der Waals surface area contributed by atoms with E-state index in [1.54, 1.807) is 6.20 Å². The highest BCUT2D eigenvalue weighted by molar-refractivity contribution is 7.11. The van der Waals surface area contributed by atoms with E-state index in [1.165, 1.54) is 11.3 Å². The van der Waals surface area contributed by atoms with E-state index in [2.05, 4.69) is 4.98 Å². The predicted octanol–water partition coefficient (Wildman–Crippen LogP) is 5.10. The molecular formula is C13H18F3NS. The first-order valence-electron chi connectivity index (χ1n) is 6.42. The number of thiazole rings is 1. The Bertz CT molecular complexity index is 397. The van der Waals surface area contributed by atoms with Gasteiger partial charge in [-0.25, -0.2) is 4.98 Å². The van der Waals surface area contributed by atoms with E-state index in [1.807, 2.05) is 13.8 Å². The Labute approximate surface area is 109 Å². The SMILES string of the molecule is CC(C)c1ncc(C2CCCCC2C(F)(F)F)s1. The highest BCUT2D eigenvalue weighted by Gasteiger charge is 2.46. The molecule has 102 valence electrons. The molecule has 1 aliphatic carbocycles. The van der Waals surface area contributed by atoms with Crippen LogP contribution in [0.15, 0.2) is 6.20 Å². The van der Waals surface area contributed by atoms with Crippen molar-refractivity contribution in [1.82, 2.24) is 4.98 Å². The molecule has 1 aliphatic rings. The molecule has 1 heterocycles. The van der Waals surface area contributed by atoms with Crippen LogP contribution >= 0.6 is 11.3 Å².